The zero-order chi connectivity index (χ0) is 18.1. The van der Waals surface area contributed by atoms with Crippen LogP contribution in [0.15, 0.2) is 32.8 Å². The van der Waals surface area contributed by atoms with Crippen molar-refractivity contribution in [3.8, 4) is 5.75 Å². The first-order chi connectivity index (χ1) is 11.3. The Morgan fingerprint density at radius 2 is 1.88 bits per heavy atom. The molecule has 0 bridgehead atoms. The quantitative estimate of drug-likeness (QED) is 0.381. The van der Waals surface area contributed by atoms with Crippen molar-refractivity contribution < 1.29 is 9.57 Å². The maximum Gasteiger partial charge on any atom is 0.142 e. The van der Waals surface area contributed by atoms with Crippen LogP contribution in [0.2, 0.25) is 0 Å². The van der Waals surface area contributed by atoms with Gasteiger partial charge in [-0.05, 0) is 32.7 Å². The number of oxime groups is 1. The van der Waals surface area contributed by atoms with Gasteiger partial charge in [0.25, 0.3) is 0 Å². The largest absolute Gasteiger partial charge is 0.495 e. The number of anilines is 1. The summed E-state index contributed by atoms with van der Waals surface area (Å²) in [6.45, 7) is 7.66. The molecule has 0 radical (unpaired) electrons. The molecule has 24 heavy (non-hydrogen) atoms. The van der Waals surface area contributed by atoms with Crippen molar-refractivity contribution in [1.29, 1.82) is 0 Å². The van der Waals surface area contributed by atoms with Crippen LogP contribution in [-0.4, -0.2) is 39.5 Å². The summed E-state index contributed by atoms with van der Waals surface area (Å²) in [5, 5.41) is 4.23. The van der Waals surface area contributed by atoms with E-state index in [0.717, 1.165) is 16.7 Å². The van der Waals surface area contributed by atoms with E-state index in [1.54, 1.807) is 20.2 Å². The molecule has 0 amide bonds. The van der Waals surface area contributed by atoms with Crippen LogP contribution >= 0.6 is 0 Å². The number of nitrogens with zero attached hydrogens (tertiary/aromatic N) is 3. The van der Waals surface area contributed by atoms with E-state index in [2.05, 4.69) is 21.9 Å². The molecule has 0 spiro atoms. The topological polar surface area (TPSA) is 108 Å². The molecule has 7 nitrogen and oxygen atoms in total. The van der Waals surface area contributed by atoms with Gasteiger partial charge in [-0.2, -0.15) is 0 Å². The van der Waals surface area contributed by atoms with Crippen LogP contribution in [0, 0.1) is 5.41 Å². The maximum atomic E-state index is 6.15. The first kappa shape index (κ1) is 17.5. The first-order valence-electron chi connectivity index (χ1n) is 7.37. The third kappa shape index (κ3) is 2.51. The number of hydrogen-bond acceptors (Lipinski definition) is 6. The summed E-state index contributed by atoms with van der Waals surface area (Å²) in [7, 11) is 4.69. The second-order valence-electron chi connectivity index (χ2n) is 5.88. The van der Waals surface area contributed by atoms with Crippen molar-refractivity contribution in [3.63, 3.8) is 0 Å². The summed E-state index contributed by atoms with van der Waals surface area (Å²) in [5.41, 5.74) is 15.7. The molecule has 0 aliphatic heterocycles. The normalized spacial score (nSPS) is 18.4. The number of nitrogen functional groups attached to an aromatic ring is 1. The summed E-state index contributed by atoms with van der Waals surface area (Å²) in [5.74, 6) is 0.920. The highest BCUT2D eigenvalue weighted by Crippen LogP contribution is 2.45. The van der Waals surface area contributed by atoms with E-state index < -0.39 is 5.41 Å². The molecule has 1 aromatic carbocycles. The summed E-state index contributed by atoms with van der Waals surface area (Å²) in [4.78, 5) is 13.4. The van der Waals surface area contributed by atoms with Gasteiger partial charge in [0.1, 0.15) is 18.7 Å². The number of hydrogen-bond donors (Lipinski definition) is 2. The van der Waals surface area contributed by atoms with Gasteiger partial charge < -0.3 is 21.0 Å². The zero-order valence-corrected chi connectivity index (χ0v) is 14.7. The number of benzene rings is 1. The predicted molar refractivity (Wildman–Crippen MR) is 98.7 cm³/mol. The van der Waals surface area contributed by atoms with Gasteiger partial charge in [0.15, 0.2) is 0 Å². The smallest absolute Gasteiger partial charge is 0.142 e. The molecule has 1 aromatic rings. The lowest BCUT2D eigenvalue weighted by molar-refractivity contribution is 0.210. The predicted octanol–water partition coefficient (Wildman–Crippen LogP) is 2.07. The Labute approximate surface area is 141 Å². The lowest BCUT2D eigenvalue weighted by Gasteiger charge is -2.35. The zero-order valence-electron chi connectivity index (χ0n) is 14.7. The molecule has 0 unspecified atom stereocenters. The number of ether oxygens (including phenoxy) is 1. The van der Waals surface area contributed by atoms with Gasteiger partial charge in [-0.3, -0.25) is 9.98 Å². The molecule has 128 valence electrons. The molecular formula is C17H23N5O2. The molecule has 0 atom stereocenters. The third-order valence-electron chi connectivity index (χ3n) is 4.17. The number of aliphatic imine (C=N–C) groups is 2. The van der Waals surface area contributed by atoms with E-state index in [9.17, 15) is 0 Å². The van der Waals surface area contributed by atoms with Crippen LogP contribution in [0.3, 0.4) is 0 Å². The van der Waals surface area contributed by atoms with Crippen LogP contribution in [-0.2, 0) is 4.84 Å². The van der Waals surface area contributed by atoms with Crippen molar-refractivity contribution in [2.45, 2.75) is 13.8 Å². The highest BCUT2D eigenvalue weighted by atomic mass is 16.6. The van der Waals surface area contributed by atoms with Crippen molar-refractivity contribution >= 4 is 29.6 Å². The maximum absolute atomic E-state index is 6.15. The van der Waals surface area contributed by atoms with Gasteiger partial charge in [0.2, 0.25) is 0 Å². The lowest BCUT2D eigenvalue weighted by atomic mass is 9.69. The molecule has 1 aliphatic rings. The summed E-state index contributed by atoms with van der Waals surface area (Å²) in [6.07, 6.45) is 0. The fourth-order valence-corrected chi connectivity index (χ4v) is 3.02. The third-order valence-corrected chi connectivity index (χ3v) is 4.17. The highest BCUT2D eigenvalue weighted by molar-refractivity contribution is 6.21. The summed E-state index contributed by atoms with van der Waals surface area (Å²) >= 11 is 0. The Kier molecular flexibility index (Phi) is 4.64. The van der Waals surface area contributed by atoms with E-state index in [1.807, 2.05) is 19.9 Å². The summed E-state index contributed by atoms with van der Waals surface area (Å²) < 4.78 is 5.34. The van der Waals surface area contributed by atoms with Crippen molar-refractivity contribution in [2.24, 2.45) is 26.3 Å². The van der Waals surface area contributed by atoms with Gasteiger partial charge >= 0.3 is 0 Å². The molecule has 7 heteroatoms. The monoisotopic (exact) mass is 329 g/mol. The number of amidine groups is 1. The van der Waals surface area contributed by atoms with E-state index in [4.69, 9.17) is 21.0 Å². The molecule has 4 N–H and O–H groups in total. The van der Waals surface area contributed by atoms with Crippen LogP contribution in [0.1, 0.15) is 25.0 Å². The van der Waals surface area contributed by atoms with Crippen molar-refractivity contribution in [1.82, 2.24) is 0 Å². The summed E-state index contributed by atoms with van der Waals surface area (Å²) in [6, 6.07) is 3.60. The average Bonchev–Trinajstić information content (AvgIpc) is 2.55. The van der Waals surface area contributed by atoms with Crippen molar-refractivity contribution in [3.05, 3.63) is 28.8 Å². The minimum atomic E-state index is -0.593. The molecule has 1 aliphatic carbocycles. The molecular weight excluding hydrogens is 306 g/mol. The van der Waals surface area contributed by atoms with E-state index in [0.29, 0.717) is 28.7 Å². The highest BCUT2D eigenvalue weighted by Gasteiger charge is 2.41. The van der Waals surface area contributed by atoms with Gasteiger partial charge in [0, 0.05) is 29.2 Å². The van der Waals surface area contributed by atoms with Gasteiger partial charge in [-0.1, -0.05) is 5.16 Å². The average molecular weight is 329 g/mol. The first-order valence-corrected chi connectivity index (χ1v) is 7.37. The Morgan fingerprint density at radius 1 is 1.21 bits per heavy atom. The molecule has 0 saturated carbocycles. The fraction of sp³-hybridized carbons (Fsp3) is 0.353. The van der Waals surface area contributed by atoms with E-state index in [1.165, 1.54) is 7.11 Å². The minimum Gasteiger partial charge on any atom is -0.495 e. The van der Waals surface area contributed by atoms with Gasteiger partial charge in [-0.25, -0.2) is 0 Å². The molecule has 0 saturated heterocycles. The van der Waals surface area contributed by atoms with E-state index in [-0.39, 0.29) is 0 Å². The molecule has 0 aromatic heterocycles. The Morgan fingerprint density at radius 3 is 2.38 bits per heavy atom. The fourth-order valence-electron chi connectivity index (χ4n) is 3.02. The SMILES string of the molecule is C=NC1=C(C(N)=NC)C(C)(C)/C(=N/OC)c2cc(OC)c(N)cc21. The Hall–Kier alpha value is -2.83. The van der Waals surface area contributed by atoms with E-state index >= 15 is 0 Å². The van der Waals surface area contributed by atoms with Gasteiger partial charge in [0.05, 0.1) is 24.2 Å². The molecule has 2 rings (SSSR count). The number of methoxy groups -OCH3 is 1. The van der Waals surface area contributed by atoms with Crippen LogP contribution in [0.4, 0.5) is 5.69 Å². The number of fused-ring (bicyclic) bond motifs is 1. The Bertz CT molecular complexity index is 775. The second kappa shape index (κ2) is 6.35. The number of nitrogens with two attached hydrogens (primary N) is 2. The van der Waals surface area contributed by atoms with Crippen LogP contribution in [0.5, 0.6) is 5.75 Å². The number of rotatable bonds is 4. The molecule has 0 fully saturated rings. The second-order valence-corrected chi connectivity index (χ2v) is 5.88. The minimum absolute atomic E-state index is 0.367. The molecule has 0 heterocycles. The van der Waals surface area contributed by atoms with Crippen molar-refractivity contribution in [2.75, 3.05) is 27.0 Å². The van der Waals surface area contributed by atoms with Gasteiger partial charge in [-0.15, -0.1) is 0 Å². The van der Waals surface area contributed by atoms with Crippen LogP contribution in [0.25, 0.3) is 5.70 Å². The standard InChI is InChI=1S/C17H23N5O2/c1-17(2)13(16(19)21-4)14(20-3)9-7-11(18)12(23-5)8-10(9)15(17)22-24-6/h7-8H,3,18H2,1-2,4-6H3,(H2,19,21)/b22-15+. The van der Waals surface area contributed by atoms with Crippen LogP contribution < -0.4 is 16.2 Å². The Balaban J connectivity index is 2.98. The lowest BCUT2D eigenvalue weighted by Crippen LogP contribution is -2.38.